The quantitative estimate of drug-likeness (QED) is 0.0603. The van der Waals surface area contributed by atoms with Crippen LogP contribution in [0.1, 0.15) is 19.3 Å². The predicted octanol–water partition coefficient (Wildman–Crippen LogP) is 7.91. The van der Waals surface area contributed by atoms with Gasteiger partial charge in [0.25, 0.3) is 0 Å². The van der Waals surface area contributed by atoms with E-state index in [1.54, 1.807) is 0 Å². The summed E-state index contributed by atoms with van der Waals surface area (Å²) in [4.78, 5) is 23.6. The lowest BCUT2D eigenvalue weighted by Crippen LogP contribution is -2.70. The van der Waals surface area contributed by atoms with Gasteiger partial charge in [-0.25, -0.2) is 5.26 Å². The molecule has 0 aliphatic rings. The zero-order chi connectivity index (χ0) is 44.9. The van der Waals surface area contributed by atoms with Gasteiger partial charge in [0, 0.05) is 0 Å². The lowest BCUT2D eigenvalue weighted by atomic mass is 9.93. The summed E-state index contributed by atoms with van der Waals surface area (Å²) in [6.45, 7) is -5.37. The van der Waals surface area contributed by atoms with Crippen molar-refractivity contribution in [2.45, 2.75) is 96.1 Å². The molecule has 0 aromatic carbocycles. The first-order valence-corrected chi connectivity index (χ1v) is 14.0. The van der Waals surface area contributed by atoms with E-state index in [4.69, 9.17) is 5.26 Å². The Morgan fingerprint density at radius 3 is 1.00 bits per heavy atom. The van der Waals surface area contributed by atoms with Crippen LogP contribution in [0.25, 0.3) is 0 Å². The maximum absolute atomic E-state index is 13.8. The molecule has 0 fully saturated rings. The fourth-order valence-electron chi connectivity index (χ4n) is 3.15. The van der Waals surface area contributed by atoms with E-state index in [0.717, 1.165) is 0 Å². The van der Waals surface area contributed by atoms with Crippen LogP contribution in [0.2, 0.25) is 0 Å². The standard InChI is InChI=1S/C20H12F26O8S/c21-9(22,11(25,26)13(29,30)15(33,34)17(37,38)19(41,42)43)1-3-52-7(47)5-6(55(50,51)54-49)8(48)53-4-2-10(23,24)12(27,28)14(31,32)16(35,36)18(39,40)20(44,45)46/h6,49H,1-5H2. The topological polar surface area (TPSA) is 116 Å². The minimum Gasteiger partial charge on any atom is -0.465 e. The molecule has 1 N–H and O–H groups in total. The molecule has 8 nitrogen and oxygen atoms in total. The number of hydrogen-bond donors (Lipinski definition) is 1. The maximum Gasteiger partial charge on any atom is 0.460 e. The van der Waals surface area contributed by atoms with Gasteiger partial charge in [0.1, 0.15) is 0 Å². The maximum atomic E-state index is 13.8. The van der Waals surface area contributed by atoms with Gasteiger partial charge >= 0.3 is 93.6 Å². The van der Waals surface area contributed by atoms with Gasteiger partial charge in [-0.1, -0.05) is 0 Å². The first-order chi connectivity index (χ1) is 23.7. The van der Waals surface area contributed by atoms with E-state index in [0.29, 0.717) is 0 Å². The van der Waals surface area contributed by atoms with Gasteiger partial charge in [0.15, 0.2) is 5.25 Å². The fourth-order valence-corrected chi connectivity index (χ4v) is 3.90. The molecule has 0 aromatic heterocycles. The summed E-state index contributed by atoms with van der Waals surface area (Å²) in [5.41, 5.74) is 0. The Morgan fingerprint density at radius 1 is 0.455 bits per heavy atom. The van der Waals surface area contributed by atoms with Crippen molar-refractivity contribution in [2.24, 2.45) is 0 Å². The van der Waals surface area contributed by atoms with Crippen molar-refractivity contribution in [3.63, 3.8) is 0 Å². The van der Waals surface area contributed by atoms with Gasteiger partial charge in [0.2, 0.25) is 0 Å². The highest BCUT2D eigenvalue weighted by atomic mass is 32.2. The molecule has 0 saturated carbocycles. The summed E-state index contributed by atoms with van der Waals surface area (Å²) >= 11 is 0. The minimum atomic E-state index is -8.38. The molecule has 35 heteroatoms. The first kappa shape index (κ1) is 52.0. The number of ether oxygens (including phenoxy) is 2. The number of alkyl halides is 26. The van der Waals surface area contributed by atoms with Crippen molar-refractivity contribution in [3.05, 3.63) is 0 Å². The van der Waals surface area contributed by atoms with Crippen LogP contribution in [0, 0.1) is 0 Å². The van der Waals surface area contributed by atoms with Crippen molar-refractivity contribution in [1.82, 2.24) is 0 Å². The lowest BCUT2D eigenvalue weighted by molar-refractivity contribution is -0.440. The van der Waals surface area contributed by atoms with Gasteiger partial charge in [-0.3, -0.25) is 9.59 Å². The van der Waals surface area contributed by atoms with Gasteiger partial charge in [-0.2, -0.15) is 123 Å². The molecule has 1 atom stereocenters. The third-order valence-electron chi connectivity index (χ3n) is 6.40. The second kappa shape index (κ2) is 15.1. The van der Waals surface area contributed by atoms with Crippen LogP contribution in [-0.2, 0) is 33.5 Å². The minimum absolute atomic E-state index is 2.51. The Labute approximate surface area is 283 Å². The van der Waals surface area contributed by atoms with Crippen LogP contribution in [0.15, 0.2) is 0 Å². The number of halogens is 26. The monoisotopic (exact) mass is 906 g/mol. The Bertz CT molecular complexity index is 1480. The zero-order valence-corrected chi connectivity index (χ0v) is 25.5. The van der Waals surface area contributed by atoms with Crippen molar-refractivity contribution in [3.8, 4) is 0 Å². The van der Waals surface area contributed by atoms with Crippen molar-refractivity contribution in [1.29, 1.82) is 0 Å². The molecule has 1 unspecified atom stereocenters. The van der Waals surface area contributed by atoms with Crippen LogP contribution in [-0.4, -0.2) is 116 Å². The third kappa shape index (κ3) is 8.79. The molecule has 328 valence electrons. The summed E-state index contributed by atoms with van der Waals surface area (Å²) in [5.74, 6) is -85.1. The van der Waals surface area contributed by atoms with E-state index >= 15 is 0 Å². The first-order valence-electron chi connectivity index (χ1n) is 12.5. The van der Waals surface area contributed by atoms with Gasteiger partial charge in [-0.05, 0) is 0 Å². The van der Waals surface area contributed by atoms with Crippen molar-refractivity contribution < 1.29 is 151 Å². The molecule has 0 aromatic rings. The predicted molar refractivity (Wildman–Crippen MR) is 114 cm³/mol. The Kier molecular flexibility index (Phi) is 14.2. The normalized spacial score (nSPS) is 16.2. The van der Waals surface area contributed by atoms with E-state index in [-0.39, 0.29) is 0 Å². The highest BCUT2D eigenvalue weighted by Crippen LogP contribution is 2.62. The van der Waals surface area contributed by atoms with E-state index in [9.17, 15) is 132 Å². The second-order valence-electron chi connectivity index (χ2n) is 10.1. The molecule has 0 aliphatic carbocycles. The van der Waals surface area contributed by atoms with Gasteiger partial charge < -0.3 is 9.47 Å². The Hall–Kier alpha value is -3.01. The second-order valence-corrected chi connectivity index (χ2v) is 11.9. The summed E-state index contributed by atoms with van der Waals surface area (Å²) < 4.78 is 374. The summed E-state index contributed by atoms with van der Waals surface area (Å²) in [5, 5.41) is 4.55. The zero-order valence-electron chi connectivity index (χ0n) is 24.7. The average Bonchev–Trinajstić information content (AvgIpc) is 2.97. The molecule has 0 bridgehead atoms. The lowest BCUT2D eigenvalue weighted by Gasteiger charge is -2.39. The Morgan fingerprint density at radius 2 is 0.727 bits per heavy atom. The van der Waals surface area contributed by atoms with Gasteiger partial charge in [-0.15, -0.1) is 4.33 Å². The average molecular weight is 906 g/mol. The molecule has 0 spiro atoms. The molecule has 0 amide bonds. The van der Waals surface area contributed by atoms with E-state index in [1.807, 2.05) is 0 Å². The molecular formula is C20H12F26O8S. The number of esters is 2. The molecule has 55 heavy (non-hydrogen) atoms. The Balaban J connectivity index is 6.03. The van der Waals surface area contributed by atoms with E-state index < -0.39 is 131 Å². The summed E-state index contributed by atoms with van der Waals surface area (Å²) in [6.07, 6.45) is -24.8. The van der Waals surface area contributed by atoms with Crippen LogP contribution < -0.4 is 0 Å². The number of carbonyl (C=O) groups excluding carboxylic acids is 2. The van der Waals surface area contributed by atoms with Gasteiger partial charge in [0.05, 0.1) is 32.5 Å². The molecular weight excluding hydrogens is 894 g/mol. The van der Waals surface area contributed by atoms with Crippen LogP contribution in [0.3, 0.4) is 0 Å². The highest BCUT2D eigenvalue weighted by Gasteiger charge is 2.92. The SMILES string of the molecule is O=C(CC(C(=O)OCCC(F)(F)C(F)(F)C(F)(F)C(F)(F)C(F)(F)C(F)(F)F)S(=O)(=O)OO)OCCC(F)(F)C(F)(F)C(F)(F)C(F)(F)C(F)(F)C(F)(F)F. The molecule has 0 saturated heterocycles. The van der Waals surface area contributed by atoms with Crippen molar-refractivity contribution in [2.75, 3.05) is 13.2 Å². The molecule has 0 rings (SSSR count). The third-order valence-corrected chi connectivity index (χ3v) is 7.67. The number of hydrogen-bond acceptors (Lipinski definition) is 8. The van der Waals surface area contributed by atoms with E-state index in [1.165, 1.54) is 0 Å². The molecule has 0 heterocycles. The van der Waals surface area contributed by atoms with Crippen molar-refractivity contribution >= 4 is 22.1 Å². The summed E-state index contributed by atoms with van der Waals surface area (Å²) in [6, 6.07) is 0. The fraction of sp³-hybridized carbons (Fsp3) is 0.900. The van der Waals surface area contributed by atoms with Crippen LogP contribution in [0.4, 0.5) is 114 Å². The van der Waals surface area contributed by atoms with Crippen LogP contribution in [0.5, 0.6) is 0 Å². The molecule has 0 aliphatic heterocycles. The number of rotatable bonds is 19. The van der Waals surface area contributed by atoms with Crippen LogP contribution >= 0.6 is 0 Å². The largest absolute Gasteiger partial charge is 0.465 e. The van der Waals surface area contributed by atoms with E-state index in [2.05, 4.69) is 13.8 Å². The summed E-state index contributed by atoms with van der Waals surface area (Å²) in [7, 11) is -6.24. The highest BCUT2D eigenvalue weighted by molar-refractivity contribution is 7.88. The molecule has 0 radical (unpaired) electrons. The smallest absolute Gasteiger partial charge is 0.460 e. The number of carbonyl (C=O) groups is 2.